The molecule has 0 radical (unpaired) electrons. The summed E-state index contributed by atoms with van der Waals surface area (Å²) in [6.45, 7) is 7.38. The average molecular weight is 373 g/mol. The van der Waals surface area contributed by atoms with Crippen molar-refractivity contribution in [1.82, 2.24) is 5.32 Å². The van der Waals surface area contributed by atoms with Crippen LogP contribution in [0.15, 0.2) is 28.7 Å². The molecule has 1 aromatic heterocycles. The molecular weight excluding hydrogens is 354 g/mol. The first-order chi connectivity index (χ1) is 9.52. The van der Waals surface area contributed by atoms with Crippen LogP contribution in [0.4, 0.5) is 0 Å². The van der Waals surface area contributed by atoms with Crippen molar-refractivity contribution in [2.75, 3.05) is 6.54 Å². The van der Waals surface area contributed by atoms with Gasteiger partial charge in [0.2, 0.25) is 0 Å². The van der Waals surface area contributed by atoms with E-state index in [0.29, 0.717) is 0 Å². The highest BCUT2D eigenvalue weighted by Crippen LogP contribution is 2.36. The lowest BCUT2D eigenvalue weighted by molar-refractivity contribution is 0.604. The van der Waals surface area contributed by atoms with Crippen LogP contribution >= 0.6 is 38.9 Å². The van der Waals surface area contributed by atoms with E-state index in [2.05, 4.69) is 60.2 Å². The molecule has 0 amide bonds. The van der Waals surface area contributed by atoms with Gasteiger partial charge in [0.1, 0.15) is 0 Å². The Morgan fingerprint density at radius 3 is 2.60 bits per heavy atom. The smallest absolute Gasteiger partial charge is 0.0682 e. The third-order valence-electron chi connectivity index (χ3n) is 3.21. The van der Waals surface area contributed by atoms with E-state index in [1.807, 2.05) is 17.4 Å². The van der Waals surface area contributed by atoms with Crippen molar-refractivity contribution in [3.8, 4) is 0 Å². The first-order valence-electron chi connectivity index (χ1n) is 6.78. The van der Waals surface area contributed by atoms with E-state index in [1.165, 1.54) is 19.8 Å². The molecule has 2 aromatic rings. The first kappa shape index (κ1) is 16.0. The molecule has 0 bridgehead atoms. The summed E-state index contributed by atoms with van der Waals surface area (Å²) in [7, 11) is 0. The van der Waals surface area contributed by atoms with Gasteiger partial charge in [0.15, 0.2) is 0 Å². The highest BCUT2D eigenvalue weighted by Gasteiger charge is 2.19. The van der Waals surface area contributed by atoms with Gasteiger partial charge in [0, 0.05) is 19.2 Å². The first-order valence-corrected chi connectivity index (χ1v) is 8.77. The van der Waals surface area contributed by atoms with Crippen LogP contribution in [0.25, 0.3) is 0 Å². The minimum absolute atomic E-state index is 0.221. The normalized spacial score (nSPS) is 12.7. The van der Waals surface area contributed by atoms with Gasteiger partial charge in [-0.1, -0.05) is 30.7 Å². The lowest BCUT2D eigenvalue weighted by Gasteiger charge is -2.19. The van der Waals surface area contributed by atoms with E-state index in [9.17, 15) is 0 Å². The number of hydrogen-bond donors (Lipinski definition) is 1. The van der Waals surface area contributed by atoms with Crippen LogP contribution in [-0.2, 0) is 0 Å². The van der Waals surface area contributed by atoms with Gasteiger partial charge in [-0.15, -0.1) is 11.3 Å². The minimum Gasteiger partial charge on any atom is -0.306 e. The molecule has 0 saturated heterocycles. The Labute approximate surface area is 138 Å². The van der Waals surface area contributed by atoms with E-state index in [-0.39, 0.29) is 6.04 Å². The largest absolute Gasteiger partial charge is 0.306 e. The van der Waals surface area contributed by atoms with Crippen molar-refractivity contribution in [1.29, 1.82) is 0 Å². The Morgan fingerprint density at radius 2 is 2.05 bits per heavy atom. The van der Waals surface area contributed by atoms with E-state index in [0.717, 1.165) is 23.6 Å². The van der Waals surface area contributed by atoms with Crippen molar-refractivity contribution in [2.45, 2.75) is 33.2 Å². The molecule has 0 aliphatic heterocycles. The second-order valence-electron chi connectivity index (χ2n) is 4.96. The highest BCUT2D eigenvalue weighted by molar-refractivity contribution is 9.10. The number of halogens is 2. The summed E-state index contributed by atoms with van der Waals surface area (Å²) < 4.78 is 1.18. The van der Waals surface area contributed by atoms with E-state index in [1.54, 1.807) is 0 Å². The molecule has 0 aliphatic rings. The lowest BCUT2D eigenvalue weighted by Crippen LogP contribution is -2.22. The van der Waals surface area contributed by atoms with Crippen LogP contribution in [0, 0.1) is 13.8 Å². The van der Waals surface area contributed by atoms with Crippen molar-refractivity contribution in [3.63, 3.8) is 0 Å². The van der Waals surface area contributed by atoms with E-state index >= 15 is 0 Å². The molecule has 4 heteroatoms. The summed E-state index contributed by atoms with van der Waals surface area (Å²) in [5.74, 6) is 0. The second kappa shape index (κ2) is 7.08. The summed E-state index contributed by atoms with van der Waals surface area (Å²) in [5, 5.41) is 4.46. The SMILES string of the molecule is CCCNC(c1ccc(Cl)c(C)c1)c1sc(C)cc1Br. The number of nitrogens with one attached hydrogen (secondary N) is 1. The summed E-state index contributed by atoms with van der Waals surface area (Å²) in [4.78, 5) is 2.65. The monoisotopic (exact) mass is 371 g/mol. The van der Waals surface area contributed by atoms with E-state index < -0.39 is 0 Å². The molecule has 0 spiro atoms. The quantitative estimate of drug-likeness (QED) is 0.692. The van der Waals surface area contributed by atoms with Crippen molar-refractivity contribution in [3.05, 3.63) is 54.6 Å². The fraction of sp³-hybridized carbons (Fsp3) is 0.375. The van der Waals surface area contributed by atoms with Gasteiger partial charge < -0.3 is 5.32 Å². The van der Waals surface area contributed by atoms with Gasteiger partial charge in [0.25, 0.3) is 0 Å². The Hall–Kier alpha value is -0.350. The zero-order valence-electron chi connectivity index (χ0n) is 12.0. The third-order valence-corrected chi connectivity index (χ3v) is 5.67. The fourth-order valence-electron chi connectivity index (χ4n) is 2.20. The zero-order chi connectivity index (χ0) is 14.7. The van der Waals surface area contributed by atoms with Crippen LogP contribution in [-0.4, -0.2) is 6.54 Å². The number of hydrogen-bond acceptors (Lipinski definition) is 2. The molecule has 1 N–H and O–H groups in total. The maximum atomic E-state index is 6.14. The molecule has 0 fully saturated rings. The maximum Gasteiger partial charge on any atom is 0.0682 e. The minimum atomic E-state index is 0.221. The summed E-state index contributed by atoms with van der Waals surface area (Å²) >= 11 is 11.7. The van der Waals surface area contributed by atoms with Gasteiger partial charge in [-0.2, -0.15) is 0 Å². The van der Waals surface area contributed by atoms with Gasteiger partial charge >= 0.3 is 0 Å². The lowest BCUT2D eigenvalue weighted by atomic mass is 10.0. The number of rotatable bonds is 5. The Bertz CT molecular complexity index is 594. The van der Waals surface area contributed by atoms with Crippen LogP contribution in [0.1, 0.15) is 40.3 Å². The summed E-state index contributed by atoms with van der Waals surface area (Å²) in [6.07, 6.45) is 1.12. The standard InChI is InChI=1S/C16H19BrClNS/c1-4-7-19-15(16-13(17)9-11(3)20-16)12-5-6-14(18)10(2)8-12/h5-6,8-9,15,19H,4,7H2,1-3H3. The van der Waals surface area contributed by atoms with Crippen molar-refractivity contribution < 1.29 is 0 Å². The van der Waals surface area contributed by atoms with Gasteiger partial charge in [-0.05, 0) is 66.0 Å². The van der Waals surface area contributed by atoms with Gasteiger partial charge in [0.05, 0.1) is 6.04 Å². The molecular formula is C16H19BrClNS. The predicted octanol–water partition coefficient (Wildman–Crippen LogP) is 5.87. The zero-order valence-corrected chi connectivity index (χ0v) is 15.1. The molecule has 1 heterocycles. The molecule has 1 atom stereocenters. The van der Waals surface area contributed by atoms with Crippen LogP contribution in [0.2, 0.25) is 5.02 Å². The maximum absolute atomic E-state index is 6.14. The summed E-state index contributed by atoms with van der Waals surface area (Å²) in [5.41, 5.74) is 2.39. The molecule has 1 unspecified atom stereocenters. The molecule has 0 saturated carbocycles. The molecule has 1 nitrogen and oxygen atoms in total. The van der Waals surface area contributed by atoms with Gasteiger partial charge in [-0.3, -0.25) is 0 Å². The predicted molar refractivity (Wildman–Crippen MR) is 93.1 cm³/mol. The Morgan fingerprint density at radius 1 is 1.30 bits per heavy atom. The Balaban J connectivity index is 2.41. The highest BCUT2D eigenvalue weighted by atomic mass is 79.9. The van der Waals surface area contributed by atoms with Crippen LogP contribution in [0.5, 0.6) is 0 Å². The molecule has 1 aromatic carbocycles. The average Bonchev–Trinajstić information content (AvgIpc) is 2.73. The van der Waals surface area contributed by atoms with Crippen molar-refractivity contribution >= 4 is 38.9 Å². The third kappa shape index (κ3) is 3.64. The fourth-order valence-corrected chi connectivity index (χ4v) is 4.30. The number of aryl methyl sites for hydroxylation is 2. The molecule has 108 valence electrons. The second-order valence-corrected chi connectivity index (χ2v) is 7.51. The molecule has 2 rings (SSSR count). The number of benzene rings is 1. The molecule has 20 heavy (non-hydrogen) atoms. The van der Waals surface area contributed by atoms with Crippen LogP contribution < -0.4 is 5.32 Å². The topological polar surface area (TPSA) is 12.0 Å². The molecule has 0 aliphatic carbocycles. The number of thiophene rings is 1. The van der Waals surface area contributed by atoms with Crippen molar-refractivity contribution in [2.24, 2.45) is 0 Å². The summed E-state index contributed by atoms with van der Waals surface area (Å²) in [6, 6.07) is 8.69. The van der Waals surface area contributed by atoms with Crippen LogP contribution in [0.3, 0.4) is 0 Å². The van der Waals surface area contributed by atoms with E-state index in [4.69, 9.17) is 11.6 Å². The van der Waals surface area contributed by atoms with Gasteiger partial charge in [-0.25, -0.2) is 0 Å². The Kier molecular flexibility index (Phi) is 5.67.